The topological polar surface area (TPSA) is 51.4 Å². The van der Waals surface area contributed by atoms with Crippen LogP contribution in [0, 0.1) is 6.92 Å². The van der Waals surface area contributed by atoms with Crippen molar-refractivity contribution in [1.82, 2.24) is 4.98 Å². The van der Waals surface area contributed by atoms with E-state index in [0.29, 0.717) is 18.1 Å². The van der Waals surface area contributed by atoms with Crippen LogP contribution in [0.15, 0.2) is 18.3 Å². The molecule has 1 aliphatic rings. The first-order valence-corrected chi connectivity index (χ1v) is 5.67. The molecule has 0 bridgehead atoms. The smallest absolute Gasteiger partial charge is 0.131 e. The molecule has 2 rings (SSSR count). The van der Waals surface area contributed by atoms with Gasteiger partial charge < -0.3 is 15.4 Å². The Balaban J connectivity index is 2.16. The molecule has 0 radical (unpaired) electrons. The highest BCUT2D eigenvalue weighted by molar-refractivity contribution is 7.80. The fraction of sp³-hybridized carbons (Fsp3) is 0.455. The van der Waals surface area contributed by atoms with Gasteiger partial charge in [0, 0.05) is 12.7 Å². The molecule has 0 saturated carbocycles. The maximum absolute atomic E-state index is 5.60. The van der Waals surface area contributed by atoms with Crippen LogP contribution in [0.1, 0.15) is 5.56 Å². The molecule has 0 aliphatic carbocycles. The summed E-state index contributed by atoms with van der Waals surface area (Å²) >= 11 is 4.96. The minimum absolute atomic E-state index is 0.162. The molecule has 1 fully saturated rings. The second-order valence-electron chi connectivity index (χ2n) is 3.85. The maximum atomic E-state index is 5.60. The van der Waals surface area contributed by atoms with E-state index in [1.165, 1.54) is 0 Å². The number of rotatable bonds is 2. The first-order valence-electron chi connectivity index (χ1n) is 5.26. The summed E-state index contributed by atoms with van der Waals surface area (Å²) < 4.78 is 5.50. The van der Waals surface area contributed by atoms with Gasteiger partial charge in [-0.25, -0.2) is 4.98 Å². The van der Waals surface area contributed by atoms with E-state index in [2.05, 4.69) is 9.88 Å². The van der Waals surface area contributed by atoms with E-state index in [1.807, 2.05) is 19.1 Å². The molecule has 1 saturated heterocycles. The molecule has 1 aromatic rings. The lowest BCUT2D eigenvalue weighted by molar-refractivity contribution is 0.0843. The normalized spacial score (nSPS) is 20.8. The lowest BCUT2D eigenvalue weighted by Crippen LogP contribution is -2.48. The molecule has 0 amide bonds. The average Bonchev–Trinajstić information content (AvgIpc) is 2.30. The average molecular weight is 237 g/mol. The first-order chi connectivity index (χ1) is 7.68. The van der Waals surface area contributed by atoms with Gasteiger partial charge in [-0.15, -0.1) is 0 Å². The lowest BCUT2D eigenvalue weighted by Gasteiger charge is -2.33. The number of pyridine rings is 1. The number of aryl methyl sites for hydroxylation is 1. The van der Waals surface area contributed by atoms with Crippen molar-refractivity contribution in [3.63, 3.8) is 0 Å². The van der Waals surface area contributed by atoms with Gasteiger partial charge >= 0.3 is 0 Å². The monoisotopic (exact) mass is 237 g/mol. The van der Waals surface area contributed by atoms with Crippen LogP contribution in [0.2, 0.25) is 0 Å². The Hall–Kier alpha value is -1.20. The first kappa shape index (κ1) is 11.3. The minimum Gasteiger partial charge on any atom is -0.391 e. The zero-order valence-corrected chi connectivity index (χ0v) is 10.0. The summed E-state index contributed by atoms with van der Waals surface area (Å²) in [6.07, 6.45) is 1.64. The number of nitrogens with zero attached hydrogens (tertiary/aromatic N) is 2. The van der Waals surface area contributed by atoms with E-state index in [4.69, 9.17) is 22.7 Å². The van der Waals surface area contributed by atoms with E-state index in [0.717, 1.165) is 17.9 Å². The largest absolute Gasteiger partial charge is 0.391 e. The highest BCUT2D eigenvalue weighted by Gasteiger charge is 2.23. The van der Waals surface area contributed by atoms with E-state index in [1.54, 1.807) is 6.20 Å². The summed E-state index contributed by atoms with van der Waals surface area (Å²) in [7, 11) is 0. The zero-order valence-electron chi connectivity index (χ0n) is 9.22. The van der Waals surface area contributed by atoms with Crippen LogP contribution in [0.3, 0.4) is 0 Å². The Morgan fingerprint density at radius 3 is 3.19 bits per heavy atom. The number of aromatic nitrogens is 1. The van der Waals surface area contributed by atoms with Gasteiger partial charge in [-0.2, -0.15) is 0 Å². The van der Waals surface area contributed by atoms with Crippen LogP contribution >= 0.6 is 12.2 Å². The van der Waals surface area contributed by atoms with Gasteiger partial charge in [0.15, 0.2) is 0 Å². The third kappa shape index (κ3) is 2.31. The van der Waals surface area contributed by atoms with E-state index < -0.39 is 0 Å². The molecule has 86 valence electrons. The van der Waals surface area contributed by atoms with E-state index in [9.17, 15) is 0 Å². The summed E-state index contributed by atoms with van der Waals surface area (Å²) in [5.41, 5.74) is 6.76. The molecule has 4 nitrogen and oxygen atoms in total. The van der Waals surface area contributed by atoms with Gasteiger partial charge in [-0.05, 0) is 18.6 Å². The fourth-order valence-corrected chi connectivity index (χ4v) is 1.96. The SMILES string of the molecule is Cc1cccnc1N1CCOC(C(N)=S)C1. The van der Waals surface area contributed by atoms with Crippen molar-refractivity contribution >= 4 is 23.0 Å². The van der Waals surface area contributed by atoms with Gasteiger partial charge in [0.25, 0.3) is 0 Å². The summed E-state index contributed by atoms with van der Waals surface area (Å²) in [6, 6.07) is 3.98. The molecular weight excluding hydrogens is 222 g/mol. The van der Waals surface area contributed by atoms with Crippen LogP contribution in [0.25, 0.3) is 0 Å². The van der Waals surface area contributed by atoms with Gasteiger partial charge in [0.1, 0.15) is 16.9 Å². The quantitative estimate of drug-likeness (QED) is 0.774. The highest BCUT2D eigenvalue weighted by atomic mass is 32.1. The highest BCUT2D eigenvalue weighted by Crippen LogP contribution is 2.18. The number of thiocarbonyl (C=S) groups is 1. The van der Waals surface area contributed by atoms with Crippen molar-refractivity contribution in [3.8, 4) is 0 Å². The Bertz CT molecular complexity index is 397. The molecule has 2 N–H and O–H groups in total. The number of nitrogens with two attached hydrogens (primary N) is 1. The molecule has 1 unspecified atom stereocenters. The van der Waals surface area contributed by atoms with Gasteiger partial charge in [-0.3, -0.25) is 0 Å². The van der Waals surface area contributed by atoms with Crippen molar-refractivity contribution < 1.29 is 4.74 Å². The zero-order chi connectivity index (χ0) is 11.5. The standard InChI is InChI=1S/C11H15N3OS/c1-8-3-2-4-13-11(8)14-5-6-15-9(7-14)10(12)16/h2-4,9H,5-7H2,1H3,(H2,12,16). The number of anilines is 1. The molecule has 1 aliphatic heterocycles. The molecule has 1 aromatic heterocycles. The van der Waals surface area contributed by atoms with Gasteiger partial charge in [0.05, 0.1) is 13.2 Å². The van der Waals surface area contributed by atoms with Crippen molar-refractivity contribution in [3.05, 3.63) is 23.9 Å². The Morgan fingerprint density at radius 2 is 2.50 bits per heavy atom. The van der Waals surface area contributed by atoms with Crippen LogP contribution in [-0.4, -0.2) is 35.8 Å². The number of hydrogen-bond acceptors (Lipinski definition) is 4. The van der Waals surface area contributed by atoms with Crippen LogP contribution in [0.5, 0.6) is 0 Å². The molecule has 1 atom stereocenters. The molecule has 16 heavy (non-hydrogen) atoms. The summed E-state index contributed by atoms with van der Waals surface area (Å²) in [5.74, 6) is 0.993. The van der Waals surface area contributed by atoms with Gasteiger partial charge in [0.2, 0.25) is 0 Å². The molecule has 0 spiro atoms. The molecule has 0 aromatic carbocycles. The number of morpholine rings is 1. The molecule has 5 heteroatoms. The van der Waals surface area contributed by atoms with Crippen molar-refractivity contribution in [2.45, 2.75) is 13.0 Å². The van der Waals surface area contributed by atoms with Crippen molar-refractivity contribution in [2.24, 2.45) is 5.73 Å². The van der Waals surface area contributed by atoms with Crippen LogP contribution < -0.4 is 10.6 Å². The lowest BCUT2D eigenvalue weighted by atomic mass is 10.2. The van der Waals surface area contributed by atoms with Crippen molar-refractivity contribution in [2.75, 3.05) is 24.6 Å². The molecular formula is C11H15N3OS. The predicted molar refractivity (Wildman–Crippen MR) is 67.7 cm³/mol. The second kappa shape index (κ2) is 4.76. The number of ether oxygens (including phenoxy) is 1. The predicted octanol–water partition coefficient (Wildman–Crippen LogP) is 0.881. The molecule has 2 heterocycles. The third-order valence-corrected chi connectivity index (χ3v) is 2.93. The Labute approximate surface area is 100 Å². The maximum Gasteiger partial charge on any atom is 0.131 e. The van der Waals surface area contributed by atoms with Crippen LogP contribution in [-0.2, 0) is 4.74 Å². The Morgan fingerprint density at radius 1 is 1.69 bits per heavy atom. The van der Waals surface area contributed by atoms with Crippen LogP contribution in [0.4, 0.5) is 5.82 Å². The summed E-state index contributed by atoms with van der Waals surface area (Å²) in [6.45, 7) is 4.20. The van der Waals surface area contributed by atoms with E-state index in [-0.39, 0.29) is 6.10 Å². The van der Waals surface area contributed by atoms with Gasteiger partial charge in [-0.1, -0.05) is 18.3 Å². The summed E-state index contributed by atoms with van der Waals surface area (Å²) in [5, 5.41) is 0. The number of hydrogen-bond donors (Lipinski definition) is 1. The fourth-order valence-electron chi connectivity index (χ4n) is 1.82. The second-order valence-corrected chi connectivity index (χ2v) is 4.32. The Kier molecular flexibility index (Phi) is 3.36. The third-order valence-electron chi connectivity index (χ3n) is 2.67. The minimum atomic E-state index is -0.162. The summed E-state index contributed by atoms with van der Waals surface area (Å²) in [4.78, 5) is 6.97. The van der Waals surface area contributed by atoms with Crippen molar-refractivity contribution in [1.29, 1.82) is 0 Å². The van der Waals surface area contributed by atoms with E-state index >= 15 is 0 Å².